The Morgan fingerprint density at radius 3 is 2.87 bits per heavy atom. The monoisotopic (exact) mass is 323 g/mol. The van der Waals surface area contributed by atoms with Gasteiger partial charge in [-0.3, -0.25) is 4.79 Å². The van der Waals surface area contributed by atoms with E-state index < -0.39 is 0 Å². The van der Waals surface area contributed by atoms with Crippen LogP contribution in [0.5, 0.6) is 0 Å². The molecule has 1 aliphatic rings. The fourth-order valence-corrected chi connectivity index (χ4v) is 4.61. The van der Waals surface area contributed by atoms with Crippen molar-refractivity contribution in [3.8, 4) is 10.4 Å². The first-order valence-electron chi connectivity index (χ1n) is 8.49. The van der Waals surface area contributed by atoms with Crippen molar-refractivity contribution in [2.75, 3.05) is 0 Å². The molecule has 23 heavy (non-hydrogen) atoms. The predicted octanol–water partition coefficient (Wildman–Crippen LogP) is 6.05. The Kier molecular flexibility index (Phi) is 4.04. The molecule has 1 fully saturated rings. The van der Waals surface area contributed by atoms with Gasteiger partial charge in [0.25, 0.3) is 0 Å². The number of carbonyl (C=O) groups is 1. The number of hydrogen-bond acceptors (Lipinski definition) is 2. The highest BCUT2D eigenvalue weighted by Gasteiger charge is 2.19. The number of rotatable bonds is 4. The number of hydrogen-bond donors (Lipinski definition) is 1. The smallest absolute Gasteiger partial charge is 0.164 e. The highest BCUT2D eigenvalue weighted by Crippen LogP contribution is 2.34. The fraction of sp³-hybridized carbons (Fsp3) is 0.350. The van der Waals surface area contributed by atoms with E-state index in [0.29, 0.717) is 11.7 Å². The highest BCUT2D eigenvalue weighted by atomic mass is 32.1. The van der Waals surface area contributed by atoms with Gasteiger partial charge < -0.3 is 4.98 Å². The summed E-state index contributed by atoms with van der Waals surface area (Å²) >= 11 is 1.67. The van der Waals surface area contributed by atoms with Gasteiger partial charge in [0.1, 0.15) is 0 Å². The molecule has 0 radical (unpaired) electrons. The average Bonchev–Trinajstić information content (AvgIpc) is 3.22. The zero-order valence-electron chi connectivity index (χ0n) is 13.2. The Balaban J connectivity index is 1.55. The van der Waals surface area contributed by atoms with Gasteiger partial charge in [-0.25, -0.2) is 0 Å². The van der Waals surface area contributed by atoms with Gasteiger partial charge in [-0.15, -0.1) is 11.3 Å². The summed E-state index contributed by atoms with van der Waals surface area (Å²) in [5.74, 6) is 0.923. The molecule has 0 aliphatic heterocycles. The molecule has 2 aromatic heterocycles. The van der Waals surface area contributed by atoms with Crippen LogP contribution in [0.4, 0.5) is 0 Å². The first-order chi connectivity index (χ1) is 11.3. The molecule has 0 saturated heterocycles. The van der Waals surface area contributed by atoms with Crippen molar-refractivity contribution < 1.29 is 4.79 Å². The van der Waals surface area contributed by atoms with Gasteiger partial charge in [0, 0.05) is 44.9 Å². The summed E-state index contributed by atoms with van der Waals surface area (Å²) < 4.78 is 0. The van der Waals surface area contributed by atoms with Crippen LogP contribution in [-0.4, -0.2) is 10.8 Å². The number of para-hydroxylation sites is 1. The lowest BCUT2D eigenvalue weighted by Crippen LogP contribution is -2.11. The molecule has 0 spiro atoms. The van der Waals surface area contributed by atoms with E-state index in [0.717, 1.165) is 17.5 Å². The lowest BCUT2D eigenvalue weighted by atomic mass is 9.85. The topological polar surface area (TPSA) is 32.9 Å². The zero-order chi connectivity index (χ0) is 15.6. The third kappa shape index (κ3) is 2.98. The van der Waals surface area contributed by atoms with E-state index in [1.54, 1.807) is 11.3 Å². The van der Waals surface area contributed by atoms with Gasteiger partial charge in [0.2, 0.25) is 0 Å². The van der Waals surface area contributed by atoms with E-state index in [1.807, 2.05) is 17.6 Å². The quantitative estimate of drug-likeness (QED) is 0.582. The van der Waals surface area contributed by atoms with Crippen molar-refractivity contribution in [2.45, 2.75) is 38.5 Å². The van der Waals surface area contributed by atoms with Crippen LogP contribution in [0, 0.1) is 5.92 Å². The largest absolute Gasteiger partial charge is 0.361 e. The maximum Gasteiger partial charge on any atom is 0.164 e. The van der Waals surface area contributed by atoms with Crippen LogP contribution < -0.4 is 0 Å². The fourth-order valence-electron chi connectivity index (χ4n) is 3.67. The minimum atomic E-state index is 0.319. The van der Waals surface area contributed by atoms with Gasteiger partial charge in [0.15, 0.2) is 5.78 Å². The first kappa shape index (κ1) is 14.7. The van der Waals surface area contributed by atoms with Gasteiger partial charge in [-0.05, 0) is 18.1 Å². The maximum atomic E-state index is 12.6. The second-order valence-electron chi connectivity index (χ2n) is 6.58. The molecule has 3 heteroatoms. The second-order valence-corrected chi connectivity index (χ2v) is 7.49. The van der Waals surface area contributed by atoms with Crippen LogP contribution in [0.1, 0.15) is 48.9 Å². The number of carbonyl (C=O) groups excluding carboxylic acids is 1. The molecule has 0 unspecified atom stereocenters. The van der Waals surface area contributed by atoms with Gasteiger partial charge in [-0.2, -0.15) is 0 Å². The van der Waals surface area contributed by atoms with E-state index in [-0.39, 0.29) is 0 Å². The van der Waals surface area contributed by atoms with Crippen LogP contribution in [0.25, 0.3) is 21.3 Å². The Hall–Kier alpha value is -1.87. The summed E-state index contributed by atoms with van der Waals surface area (Å²) in [6.45, 7) is 0. The summed E-state index contributed by atoms with van der Waals surface area (Å²) in [5, 5.41) is 3.25. The molecule has 0 atom stereocenters. The van der Waals surface area contributed by atoms with Crippen molar-refractivity contribution in [1.29, 1.82) is 0 Å². The van der Waals surface area contributed by atoms with Crippen LogP contribution in [0.15, 0.2) is 41.9 Å². The molecule has 0 bridgehead atoms. The second kappa shape index (κ2) is 6.32. The van der Waals surface area contributed by atoms with Crippen molar-refractivity contribution in [3.05, 3.63) is 47.5 Å². The zero-order valence-corrected chi connectivity index (χ0v) is 14.0. The number of Topliss-reactive ketones (excluding diaryl/α,β-unsaturated/α-hetero) is 1. The summed E-state index contributed by atoms with van der Waals surface area (Å²) in [6.07, 6.45) is 9.16. The van der Waals surface area contributed by atoms with Crippen LogP contribution >= 0.6 is 11.3 Å². The predicted molar refractivity (Wildman–Crippen MR) is 97.1 cm³/mol. The standard InChI is InChI=1S/C20H21NOS/c22-19(10-14-6-2-1-3-7-14)15-11-20(23-13-15)17-12-21-18-9-5-4-8-16(17)18/h4-5,8-9,11-14,21H,1-3,6-7,10H2. The molecule has 4 rings (SSSR count). The summed E-state index contributed by atoms with van der Waals surface area (Å²) in [4.78, 5) is 17.0. The Labute approximate surface area is 140 Å². The van der Waals surface area contributed by atoms with Gasteiger partial charge in [-0.1, -0.05) is 50.3 Å². The number of aromatic amines is 1. The Morgan fingerprint density at radius 2 is 2.00 bits per heavy atom. The molecule has 0 amide bonds. The lowest BCUT2D eigenvalue weighted by molar-refractivity contribution is 0.0950. The molecule has 118 valence electrons. The number of thiophene rings is 1. The lowest BCUT2D eigenvalue weighted by Gasteiger charge is -2.20. The number of fused-ring (bicyclic) bond motifs is 1. The third-order valence-corrected chi connectivity index (χ3v) is 5.94. The normalized spacial score (nSPS) is 16.0. The minimum absolute atomic E-state index is 0.319. The molecular formula is C20H21NOS. The molecule has 1 N–H and O–H groups in total. The number of ketones is 1. The molecule has 1 aliphatic carbocycles. The van der Waals surface area contributed by atoms with E-state index in [4.69, 9.17) is 0 Å². The van der Waals surface area contributed by atoms with Crippen molar-refractivity contribution in [2.24, 2.45) is 5.92 Å². The van der Waals surface area contributed by atoms with E-state index in [2.05, 4.69) is 29.2 Å². The summed E-state index contributed by atoms with van der Waals surface area (Å²) in [6, 6.07) is 10.4. The van der Waals surface area contributed by atoms with Crippen molar-refractivity contribution in [1.82, 2.24) is 4.98 Å². The first-order valence-corrected chi connectivity index (χ1v) is 9.37. The van der Waals surface area contributed by atoms with Crippen molar-refractivity contribution in [3.63, 3.8) is 0 Å². The minimum Gasteiger partial charge on any atom is -0.361 e. The molecule has 1 saturated carbocycles. The van der Waals surface area contributed by atoms with E-state index >= 15 is 0 Å². The number of aromatic nitrogens is 1. The van der Waals surface area contributed by atoms with Crippen LogP contribution in [0.3, 0.4) is 0 Å². The van der Waals surface area contributed by atoms with Crippen LogP contribution in [-0.2, 0) is 0 Å². The van der Waals surface area contributed by atoms with Crippen LogP contribution in [0.2, 0.25) is 0 Å². The number of H-pyrrole nitrogens is 1. The molecule has 2 nitrogen and oxygen atoms in total. The average molecular weight is 323 g/mol. The highest BCUT2D eigenvalue weighted by molar-refractivity contribution is 7.14. The molecule has 2 heterocycles. The molecule has 1 aromatic carbocycles. The number of nitrogens with one attached hydrogen (secondary N) is 1. The van der Waals surface area contributed by atoms with E-state index in [1.165, 1.54) is 47.9 Å². The van der Waals surface area contributed by atoms with Gasteiger partial charge >= 0.3 is 0 Å². The van der Waals surface area contributed by atoms with Crippen molar-refractivity contribution >= 4 is 28.0 Å². The third-order valence-electron chi connectivity index (χ3n) is 4.97. The maximum absolute atomic E-state index is 12.6. The summed E-state index contributed by atoms with van der Waals surface area (Å²) in [5.41, 5.74) is 3.23. The Bertz CT molecular complexity index is 823. The summed E-state index contributed by atoms with van der Waals surface area (Å²) in [7, 11) is 0. The van der Waals surface area contributed by atoms with E-state index in [9.17, 15) is 4.79 Å². The molecule has 3 aromatic rings. The molecular weight excluding hydrogens is 302 g/mol. The number of benzene rings is 1. The van der Waals surface area contributed by atoms with Gasteiger partial charge in [0.05, 0.1) is 0 Å². The SMILES string of the molecule is O=C(CC1CCCCC1)c1csc(-c2c[nH]c3ccccc23)c1. The Morgan fingerprint density at radius 1 is 1.17 bits per heavy atom.